The van der Waals surface area contributed by atoms with Gasteiger partial charge in [-0.3, -0.25) is 9.69 Å². The van der Waals surface area contributed by atoms with Gasteiger partial charge in [0.05, 0.1) is 12.6 Å². The number of carbonyl (C=O) groups excluding carboxylic acids is 2. The Kier molecular flexibility index (Phi) is 4.55. The molecule has 1 aromatic carbocycles. The van der Waals surface area contributed by atoms with Crippen molar-refractivity contribution in [2.45, 2.75) is 38.0 Å². The molecule has 5 nitrogen and oxygen atoms in total. The number of hydrogen-bond acceptors (Lipinski definition) is 4. The van der Waals surface area contributed by atoms with Crippen LogP contribution in [-0.4, -0.2) is 40.4 Å². The molecule has 0 bridgehead atoms. The van der Waals surface area contributed by atoms with Crippen LogP contribution in [0.15, 0.2) is 47.8 Å². The van der Waals surface area contributed by atoms with Crippen LogP contribution in [0.4, 0.5) is 4.79 Å². The van der Waals surface area contributed by atoms with Gasteiger partial charge in [-0.05, 0) is 36.4 Å². The molecule has 130 valence electrons. The Morgan fingerprint density at radius 2 is 1.92 bits per heavy atom. The first-order valence-electron chi connectivity index (χ1n) is 8.66. The molecule has 4 rings (SSSR count). The van der Waals surface area contributed by atoms with E-state index in [4.69, 9.17) is 0 Å². The topological polar surface area (TPSA) is 52.7 Å². The zero-order valence-electron chi connectivity index (χ0n) is 13.9. The fourth-order valence-electron chi connectivity index (χ4n) is 3.69. The van der Waals surface area contributed by atoms with Gasteiger partial charge in [0.2, 0.25) is 5.91 Å². The van der Waals surface area contributed by atoms with Crippen LogP contribution in [0.3, 0.4) is 0 Å². The van der Waals surface area contributed by atoms with E-state index in [-0.39, 0.29) is 24.0 Å². The zero-order chi connectivity index (χ0) is 17.2. The van der Waals surface area contributed by atoms with Crippen LogP contribution in [0.25, 0.3) is 0 Å². The third-order valence-electron chi connectivity index (χ3n) is 4.92. The summed E-state index contributed by atoms with van der Waals surface area (Å²) in [6.07, 6.45) is 1.85. The molecule has 1 N–H and O–H groups in total. The van der Waals surface area contributed by atoms with Gasteiger partial charge in [0.1, 0.15) is 6.04 Å². The van der Waals surface area contributed by atoms with Crippen molar-refractivity contribution in [3.05, 3.63) is 58.3 Å². The molecule has 3 heterocycles. The van der Waals surface area contributed by atoms with E-state index in [1.165, 1.54) is 4.90 Å². The number of amides is 3. The molecular weight excluding hydrogens is 334 g/mol. The molecule has 0 radical (unpaired) electrons. The van der Waals surface area contributed by atoms with Crippen LogP contribution < -0.4 is 5.32 Å². The largest absolute Gasteiger partial charge is 0.327 e. The van der Waals surface area contributed by atoms with E-state index in [0.717, 1.165) is 29.8 Å². The van der Waals surface area contributed by atoms with Crippen molar-refractivity contribution in [1.82, 2.24) is 15.1 Å². The van der Waals surface area contributed by atoms with Crippen molar-refractivity contribution < 1.29 is 9.59 Å². The number of fused-ring (bicyclic) bond motifs is 1. The Bertz CT molecular complexity index is 747. The number of urea groups is 1. The van der Waals surface area contributed by atoms with Crippen molar-refractivity contribution in [1.29, 1.82) is 0 Å². The van der Waals surface area contributed by atoms with Gasteiger partial charge in [-0.1, -0.05) is 36.4 Å². The summed E-state index contributed by atoms with van der Waals surface area (Å²) >= 11 is 1.57. The first kappa shape index (κ1) is 16.3. The number of piperidine rings is 1. The molecule has 2 atom stereocenters. The molecule has 2 aromatic rings. The smallest absolute Gasteiger partial charge is 0.315 e. The van der Waals surface area contributed by atoms with Gasteiger partial charge in [0.25, 0.3) is 0 Å². The van der Waals surface area contributed by atoms with E-state index >= 15 is 0 Å². The number of rotatable bonds is 4. The summed E-state index contributed by atoms with van der Waals surface area (Å²) in [5.74, 6) is -0.0904. The van der Waals surface area contributed by atoms with Crippen molar-refractivity contribution >= 4 is 23.3 Å². The van der Waals surface area contributed by atoms with E-state index in [9.17, 15) is 9.59 Å². The molecule has 2 fully saturated rings. The maximum atomic E-state index is 13.1. The Morgan fingerprint density at radius 3 is 2.68 bits per heavy atom. The van der Waals surface area contributed by atoms with Crippen molar-refractivity contribution in [2.75, 3.05) is 6.54 Å². The summed E-state index contributed by atoms with van der Waals surface area (Å²) in [6, 6.07) is 13.4. The predicted octanol–water partition coefficient (Wildman–Crippen LogP) is 2.83. The summed E-state index contributed by atoms with van der Waals surface area (Å²) in [6.45, 7) is 1.72. The van der Waals surface area contributed by atoms with Crippen LogP contribution >= 0.6 is 11.3 Å². The molecule has 2 unspecified atom stereocenters. The highest BCUT2D eigenvalue weighted by atomic mass is 32.1. The third kappa shape index (κ3) is 3.19. The van der Waals surface area contributed by atoms with E-state index in [2.05, 4.69) is 5.32 Å². The average molecular weight is 355 g/mol. The quantitative estimate of drug-likeness (QED) is 0.918. The first-order chi connectivity index (χ1) is 12.2. The molecule has 25 heavy (non-hydrogen) atoms. The Hall–Kier alpha value is -2.18. The van der Waals surface area contributed by atoms with Gasteiger partial charge >= 0.3 is 6.03 Å². The second-order valence-electron chi connectivity index (χ2n) is 6.54. The second-order valence-corrected chi connectivity index (χ2v) is 7.57. The number of thiophene rings is 1. The normalized spacial score (nSPS) is 23.7. The Labute approximate surface area is 151 Å². The first-order valence-corrected chi connectivity index (χ1v) is 9.53. The summed E-state index contributed by atoms with van der Waals surface area (Å²) in [4.78, 5) is 30.4. The Balaban J connectivity index is 1.62. The summed E-state index contributed by atoms with van der Waals surface area (Å²) in [7, 11) is 0. The predicted molar refractivity (Wildman–Crippen MR) is 97.1 cm³/mol. The second kappa shape index (κ2) is 6.98. The van der Waals surface area contributed by atoms with E-state index in [1.54, 1.807) is 11.3 Å². The van der Waals surface area contributed by atoms with Gasteiger partial charge in [-0.25, -0.2) is 4.79 Å². The van der Waals surface area contributed by atoms with Crippen LogP contribution in [0.1, 0.15) is 23.3 Å². The molecule has 2 aliphatic heterocycles. The molecule has 2 aliphatic rings. The van der Waals surface area contributed by atoms with Crippen molar-refractivity contribution in [3.8, 4) is 0 Å². The zero-order valence-corrected chi connectivity index (χ0v) is 14.7. The highest BCUT2D eigenvalue weighted by Crippen LogP contribution is 2.28. The van der Waals surface area contributed by atoms with Crippen molar-refractivity contribution in [3.63, 3.8) is 0 Å². The lowest BCUT2D eigenvalue weighted by molar-refractivity contribution is -0.137. The number of nitrogens with one attached hydrogen (secondary N) is 1. The van der Waals surface area contributed by atoms with Gasteiger partial charge in [-0.15, -0.1) is 11.3 Å². The maximum absolute atomic E-state index is 13.1. The Morgan fingerprint density at radius 1 is 1.08 bits per heavy atom. The third-order valence-corrected chi connectivity index (χ3v) is 5.79. The summed E-state index contributed by atoms with van der Waals surface area (Å²) in [5.41, 5.74) is 1.09. The van der Waals surface area contributed by atoms with Gasteiger partial charge in [0.15, 0.2) is 0 Å². The molecule has 2 saturated heterocycles. The monoisotopic (exact) mass is 355 g/mol. The lowest BCUT2D eigenvalue weighted by Crippen LogP contribution is -2.68. The molecule has 1 aromatic heterocycles. The van der Waals surface area contributed by atoms with Crippen molar-refractivity contribution in [2.24, 2.45) is 0 Å². The minimum absolute atomic E-state index is 0.0615. The van der Waals surface area contributed by atoms with E-state index < -0.39 is 0 Å². The molecule has 0 spiro atoms. The summed E-state index contributed by atoms with van der Waals surface area (Å²) in [5, 5.41) is 5.30. The van der Waals surface area contributed by atoms with Gasteiger partial charge in [-0.2, -0.15) is 0 Å². The number of benzene rings is 1. The molecule has 6 heteroatoms. The number of carbonyl (C=O) groups is 2. The fourth-order valence-corrected chi connectivity index (χ4v) is 4.38. The standard InChI is InChI=1S/C19H21N3O2S/c23-18-17-16(9-4-10-20-17)21(12-14-6-2-1-3-7-14)19(24)22(18)13-15-8-5-11-25-15/h1-3,5-8,11,16-17,20H,4,9-10,12-13H2. The van der Waals surface area contributed by atoms with Crippen LogP contribution in [-0.2, 0) is 17.9 Å². The minimum Gasteiger partial charge on any atom is -0.315 e. The van der Waals surface area contributed by atoms with E-state index in [0.29, 0.717) is 13.1 Å². The number of nitrogens with zero attached hydrogens (tertiary/aromatic N) is 2. The highest BCUT2D eigenvalue weighted by molar-refractivity contribution is 7.09. The van der Waals surface area contributed by atoms with Crippen LogP contribution in [0.5, 0.6) is 0 Å². The fraction of sp³-hybridized carbons (Fsp3) is 0.368. The van der Waals surface area contributed by atoms with E-state index in [1.807, 2.05) is 52.7 Å². The lowest BCUT2D eigenvalue weighted by atomic mass is 9.93. The lowest BCUT2D eigenvalue weighted by Gasteiger charge is -2.47. The van der Waals surface area contributed by atoms with Crippen LogP contribution in [0.2, 0.25) is 0 Å². The number of hydrogen-bond donors (Lipinski definition) is 1. The summed E-state index contributed by atoms with van der Waals surface area (Å²) < 4.78 is 0. The maximum Gasteiger partial charge on any atom is 0.327 e. The van der Waals surface area contributed by atoms with Gasteiger partial charge in [0, 0.05) is 11.4 Å². The van der Waals surface area contributed by atoms with Gasteiger partial charge < -0.3 is 10.2 Å². The molecule has 0 aliphatic carbocycles. The van der Waals surface area contributed by atoms with Crippen LogP contribution in [0, 0.1) is 0 Å². The SMILES string of the molecule is O=C1C2NCCCC2N(Cc2ccccc2)C(=O)N1Cc1cccs1. The highest BCUT2D eigenvalue weighted by Gasteiger charge is 2.46. The molecule has 0 saturated carbocycles. The average Bonchev–Trinajstić information content (AvgIpc) is 3.16. The number of imide groups is 1. The molecule has 3 amide bonds. The molecular formula is C19H21N3O2S. The minimum atomic E-state index is -0.296.